The maximum Gasteiger partial charge on any atom is 0.243 e. The topological polar surface area (TPSA) is 101 Å². The summed E-state index contributed by atoms with van der Waals surface area (Å²) >= 11 is 0. The van der Waals surface area contributed by atoms with Gasteiger partial charge in [-0.3, -0.25) is 4.68 Å². The summed E-state index contributed by atoms with van der Waals surface area (Å²) in [5.41, 5.74) is 3.20. The molecule has 3 heterocycles. The van der Waals surface area contributed by atoms with Crippen LogP contribution in [0.3, 0.4) is 0 Å². The predicted molar refractivity (Wildman–Crippen MR) is 131 cm³/mol. The van der Waals surface area contributed by atoms with Crippen molar-refractivity contribution in [3.05, 3.63) is 35.2 Å². The van der Waals surface area contributed by atoms with Gasteiger partial charge < -0.3 is 19.7 Å². The van der Waals surface area contributed by atoms with Crippen LogP contribution in [0, 0.1) is 0 Å². The van der Waals surface area contributed by atoms with Crippen molar-refractivity contribution < 1.29 is 17.9 Å². The van der Waals surface area contributed by atoms with E-state index in [1.807, 2.05) is 21.0 Å². The van der Waals surface area contributed by atoms with Gasteiger partial charge in [0.15, 0.2) is 6.23 Å². The number of amidine groups is 1. The highest BCUT2D eigenvalue weighted by atomic mass is 32.2. The first-order valence-electron chi connectivity index (χ1n) is 11.7. The summed E-state index contributed by atoms with van der Waals surface area (Å²) in [5, 5.41) is 8.06. The fourth-order valence-electron chi connectivity index (χ4n) is 4.37. The number of aliphatic imine (C=N–C) groups is 1. The number of likely N-dealkylation sites (N-methyl/N-ethyl adjacent to an activating group) is 1. The van der Waals surface area contributed by atoms with Gasteiger partial charge >= 0.3 is 0 Å². The third kappa shape index (κ3) is 4.57. The summed E-state index contributed by atoms with van der Waals surface area (Å²) in [6.07, 6.45) is 1.18. The third-order valence-corrected chi connectivity index (χ3v) is 8.10. The van der Waals surface area contributed by atoms with Gasteiger partial charge in [0.05, 0.1) is 28.4 Å². The molecule has 1 atom stereocenters. The van der Waals surface area contributed by atoms with Crippen LogP contribution in [0.15, 0.2) is 28.1 Å². The fourth-order valence-corrected chi connectivity index (χ4v) is 5.82. The lowest BCUT2D eigenvalue weighted by Gasteiger charge is -2.31. The summed E-state index contributed by atoms with van der Waals surface area (Å²) in [5.74, 6) is 1.06. The Bertz CT molecular complexity index is 1170. The Hall–Kier alpha value is -2.47. The van der Waals surface area contributed by atoms with Crippen LogP contribution < -0.4 is 10.1 Å². The second-order valence-corrected chi connectivity index (χ2v) is 10.5. The number of sulfonamides is 1. The van der Waals surface area contributed by atoms with Gasteiger partial charge in [-0.2, -0.15) is 9.40 Å². The number of piperazine rings is 1. The molecule has 1 aromatic heterocycles. The van der Waals surface area contributed by atoms with E-state index in [-0.39, 0.29) is 4.90 Å². The monoisotopic (exact) mass is 490 g/mol. The van der Waals surface area contributed by atoms with Gasteiger partial charge in [0.25, 0.3) is 0 Å². The highest BCUT2D eigenvalue weighted by molar-refractivity contribution is 7.89. The van der Waals surface area contributed by atoms with Gasteiger partial charge in [0, 0.05) is 40.3 Å². The zero-order valence-electron chi connectivity index (χ0n) is 20.5. The Balaban J connectivity index is 1.76. The molecule has 2 aromatic rings. The molecule has 11 heteroatoms. The third-order valence-electron chi connectivity index (χ3n) is 6.20. The van der Waals surface area contributed by atoms with Crippen molar-refractivity contribution in [3.8, 4) is 5.75 Å². The minimum absolute atomic E-state index is 0.222. The maximum atomic E-state index is 13.4. The van der Waals surface area contributed by atoms with E-state index in [4.69, 9.17) is 14.5 Å². The van der Waals surface area contributed by atoms with Crippen molar-refractivity contribution in [1.29, 1.82) is 0 Å². The average molecular weight is 491 g/mol. The second-order valence-electron chi connectivity index (χ2n) is 8.57. The van der Waals surface area contributed by atoms with Crippen LogP contribution in [0.5, 0.6) is 5.75 Å². The molecule has 34 heavy (non-hydrogen) atoms. The van der Waals surface area contributed by atoms with E-state index in [0.717, 1.165) is 29.9 Å². The van der Waals surface area contributed by atoms with Crippen molar-refractivity contribution in [1.82, 2.24) is 19.0 Å². The predicted octanol–water partition coefficient (Wildman–Crippen LogP) is 2.22. The molecule has 1 unspecified atom stereocenters. The van der Waals surface area contributed by atoms with E-state index in [0.29, 0.717) is 49.9 Å². The lowest BCUT2D eigenvalue weighted by molar-refractivity contribution is 0.104. The standard InChI is InChI=1S/C23H34N6O4S/c1-6-8-18-20-21(28(4)26-18)23(32-5)25-22(24-20)17-15-16(9-10-19(17)33-7-2)34(30,31)29-13-11-27(3)12-14-29/h9-10,15,23H,6-8,11-14H2,1-5H3,(H,24,25). The van der Waals surface area contributed by atoms with Gasteiger partial charge in [-0.15, -0.1) is 0 Å². The summed E-state index contributed by atoms with van der Waals surface area (Å²) in [4.78, 5) is 7.11. The molecule has 0 spiro atoms. The Morgan fingerprint density at radius 1 is 1.15 bits per heavy atom. The van der Waals surface area contributed by atoms with Gasteiger partial charge in [0.1, 0.15) is 17.3 Å². The van der Waals surface area contributed by atoms with Crippen molar-refractivity contribution in [3.63, 3.8) is 0 Å². The first-order chi connectivity index (χ1) is 16.3. The van der Waals surface area contributed by atoms with Gasteiger partial charge in [-0.1, -0.05) is 13.3 Å². The van der Waals surface area contributed by atoms with Crippen molar-refractivity contribution >= 4 is 21.5 Å². The molecule has 0 saturated carbocycles. The van der Waals surface area contributed by atoms with Crippen molar-refractivity contribution in [2.24, 2.45) is 12.0 Å². The van der Waals surface area contributed by atoms with Crippen LogP contribution in [-0.2, 0) is 28.2 Å². The molecule has 2 aliphatic rings. The van der Waals surface area contributed by atoms with Gasteiger partial charge in [-0.25, -0.2) is 13.4 Å². The van der Waals surface area contributed by atoms with E-state index in [1.54, 1.807) is 34.3 Å². The molecule has 2 aliphatic heterocycles. The molecule has 1 aromatic carbocycles. The number of rotatable bonds is 8. The van der Waals surface area contributed by atoms with Crippen LogP contribution in [0.1, 0.15) is 43.4 Å². The second kappa shape index (κ2) is 10.0. The molecular formula is C23H34N6O4S. The summed E-state index contributed by atoms with van der Waals surface area (Å²) in [6, 6.07) is 4.97. The fraction of sp³-hybridized carbons (Fsp3) is 0.565. The van der Waals surface area contributed by atoms with E-state index in [2.05, 4.69) is 22.2 Å². The Morgan fingerprint density at radius 3 is 2.53 bits per heavy atom. The van der Waals surface area contributed by atoms with E-state index >= 15 is 0 Å². The maximum absolute atomic E-state index is 13.4. The van der Waals surface area contributed by atoms with Crippen LogP contribution in [0.4, 0.5) is 5.69 Å². The quantitative estimate of drug-likeness (QED) is 0.605. The number of aromatic nitrogens is 2. The number of anilines is 1. The molecule has 10 nitrogen and oxygen atoms in total. The lowest BCUT2D eigenvalue weighted by atomic mass is 10.1. The first kappa shape index (κ1) is 24.6. The Morgan fingerprint density at radius 2 is 1.88 bits per heavy atom. The lowest BCUT2D eigenvalue weighted by Crippen LogP contribution is -2.47. The van der Waals surface area contributed by atoms with Crippen LogP contribution in [0.25, 0.3) is 0 Å². The molecule has 1 N–H and O–H groups in total. The van der Waals surface area contributed by atoms with Gasteiger partial charge in [0.2, 0.25) is 10.0 Å². The van der Waals surface area contributed by atoms with E-state index < -0.39 is 16.3 Å². The summed E-state index contributed by atoms with van der Waals surface area (Å²) < 4.78 is 41.7. The molecule has 1 fully saturated rings. The number of hydrogen-bond donors (Lipinski definition) is 1. The Labute approximate surface area is 201 Å². The SMILES string of the molecule is CCCc1nn(C)c2c1NC(c1cc(S(=O)(=O)N3CCN(C)CC3)ccc1OCC)=NC2OC. The molecule has 0 bridgehead atoms. The molecular weight excluding hydrogens is 456 g/mol. The van der Waals surface area contributed by atoms with Crippen LogP contribution in [-0.4, -0.2) is 80.2 Å². The number of nitrogens with zero attached hydrogens (tertiary/aromatic N) is 5. The number of fused-ring (bicyclic) bond motifs is 1. The molecule has 0 radical (unpaired) electrons. The molecule has 1 saturated heterocycles. The number of nitrogens with one attached hydrogen (secondary N) is 1. The summed E-state index contributed by atoms with van der Waals surface area (Å²) in [6.45, 7) is 6.78. The number of hydrogen-bond acceptors (Lipinski definition) is 8. The molecule has 0 amide bonds. The first-order valence-corrected chi connectivity index (χ1v) is 13.1. The summed E-state index contributed by atoms with van der Waals surface area (Å²) in [7, 11) is 1.83. The zero-order chi connectivity index (χ0) is 24.5. The van der Waals surface area contributed by atoms with Crippen molar-refractivity contribution in [2.75, 3.05) is 52.3 Å². The number of benzene rings is 1. The minimum atomic E-state index is -3.65. The highest BCUT2D eigenvalue weighted by Gasteiger charge is 2.32. The smallest absolute Gasteiger partial charge is 0.243 e. The number of methoxy groups -OCH3 is 1. The van der Waals surface area contributed by atoms with Gasteiger partial charge in [-0.05, 0) is 38.6 Å². The normalized spacial score (nSPS) is 19.4. The van der Waals surface area contributed by atoms with E-state index in [1.165, 1.54) is 0 Å². The average Bonchev–Trinajstić information content (AvgIpc) is 3.14. The van der Waals surface area contributed by atoms with E-state index in [9.17, 15) is 8.42 Å². The molecule has 186 valence electrons. The molecule has 4 rings (SSSR count). The minimum Gasteiger partial charge on any atom is -0.493 e. The molecule has 0 aliphatic carbocycles. The number of ether oxygens (including phenoxy) is 2. The van der Waals surface area contributed by atoms with Crippen molar-refractivity contribution in [2.45, 2.75) is 37.8 Å². The Kier molecular flexibility index (Phi) is 7.27. The number of aryl methyl sites for hydroxylation is 2. The van der Waals surface area contributed by atoms with Crippen LogP contribution in [0.2, 0.25) is 0 Å². The zero-order valence-corrected chi connectivity index (χ0v) is 21.4. The highest BCUT2D eigenvalue weighted by Crippen LogP contribution is 2.36. The largest absolute Gasteiger partial charge is 0.493 e. The van der Waals surface area contributed by atoms with Crippen LogP contribution >= 0.6 is 0 Å².